The van der Waals surface area contributed by atoms with Gasteiger partial charge in [-0.3, -0.25) is 4.90 Å². The number of hydrogen-bond acceptors (Lipinski definition) is 2. The number of benzene rings is 1. The van der Waals surface area contributed by atoms with E-state index >= 15 is 0 Å². The van der Waals surface area contributed by atoms with Crippen molar-refractivity contribution in [1.29, 1.82) is 0 Å². The Morgan fingerprint density at radius 1 is 1.21 bits per heavy atom. The third-order valence-corrected chi connectivity index (χ3v) is 3.73. The molecular weight excluding hydrogens is 240 g/mol. The molecule has 0 aromatic heterocycles. The van der Waals surface area contributed by atoms with Crippen LogP contribution in [0.1, 0.15) is 34.1 Å². The molecule has 1 fully saturated rings. The number of amides is 2. The standard InChI is InChI=1S/C15H22N2O2/c1-5-16-13(18)17(12-9-7-6-8-10-12)15(4,19)11-14(16,2)3/h6-10,19H,5,11H2,1-4H3. The molecule has 1 aromatic rings. The molecule has 4 heteroatoms. The Kier molecular flexibility index (Phi) is 3.31. The Labute approximate surface area is 114 Å². The highest BCUT2D eigenvalue weighted by molar-refractivity contribution is 5.94. The number of carbonyl (C=O) groups is 1. The van der Waals surface area contributed by atoms with E-state index in [0.29, 0.717) is 13.0 Å². The van der Waals surface area contributed by atoms with E-state index in [2.05, 4.69) is 0 Å². The number of hydrogen-bond donors (Lipinski definition) is 1. The smallest absolute Gasteiger partial charge is 0.327 e. The van der Waals surface area contributed by atoms with Gasteiger partial charge in [-0.15, -0.1) is 0 Å². The van der Waals surface area contributed by atoms with Crippen molar-refractivity contribution in [3.63, 3.8) is 0 Å². The van der Waals surface area contributed by atoms with E-state index in [9.17, 15) is 9.90 Å². The van der Waals surface area contributed by atoms with Crippen LogP contribution in [0.5, 0.6) is 0 Å². The third kappa shape index (κ3) is 2.32. The molecule has 104 valence electrons. The van der Waals surface area contributed by atoms with Crippen LogP contribution in [0.25, 0.3) is 0 Å². The van der Waals surface area contributed by atoms with E-state index in [1.165, 1.54) is 4.90 Å². The number of rotatable bonds is 2. The molecule has 1 heterocycles. The molecule has 1 aliphatic rings. The van der Waals surface area contributed by atoms with E-state index in [4.69, 9.17) is 0 Å². The molecule has 2 rings (SSSR count). The van der Waals surface area contributed by atoms with Crippen LogP contribution < -0.4 is 4.90 Å². The lowest BCUT2D eigenvalue weighted by Crippen LogP contribution is -2.68. The van der Waals surface area contributed by atoms with Crippen molar-refractivity contribution in [1.82, 2.24) is 4.90 Å². The molecule has 4 nitrogen and oxygen atoms in total. The molecule has 1 saturated heterocycles. The van der Waals surface area contributed by atoms with Gasteiger partial charge in [-0.2, -0.15) is 0 Å². The van der Waals surface area contributed by atoms with Gasteiger partial charge in [0.25, 0.3) is 0 Å². The highest BCUT2D eigenvalue weighted by atomic mass is 16.3. The Hall–Kier alpha value is -1.55. The number of para-hydroxylation sites is 1. The van der Waals surface area contributed by atoms with E-state index in [-0.39, 0.29) is 11.6 Å². The quantitative estimate of drug-likeness (QED) is 0.890. The minimum absolute atomic E-state index is 0.144. The molecule has 2 amide bonds. The lowest BCUT2D eigenvalue weighted by Gasteiger charge is -2.53. The van der Waals surface area contributed by atoms with E-state index in [1.807, 2.05) is 51.1 Å². The van der Waals surface area contributed by atoms with E-state index in [1.54, 1.807) is 11.8 Å². The van der Waals surface area contributed by atoms with Gasteiger partial charge in [-0.1, -0.05) is 18.2 Å². The highest BCUT2D eigenvalue weighted by Crippen LogP contribution is 2.38. The first-order valence-corrected chi connectivity index (χ1v) is 6.69. The molecule has 0 spiro atoms. The molecule has 0 saturated carbocycles. The molecule has 0 radical (unpaired) electrons. The largest absolute Gasteiger partial charge is 0.371 e. The first-order valence-electron chi connectivity index (χ1n) is 6.69. The average Bonchev–Trinajstić information content (AvgIpc) is 2.27. The Balaban J connectivity index is 2.46. The first-order chi connectivity index (χ1) is 8.79. The summed E-state index contributed by atoms with van der Waals surface area (Å²) in [6.45, 7) is 8.27. The van der Waals surface area contributed by atoms with Crippen molar-refractivity contribution >= 4 is 11.7 Å². The lowest BCUT2D eigenvalue weighted by atomic mass is 9.87. The normalized spacial score (nSPS) is 26.7. The first kappa shape index (κ1) is 13.9. The molecular formula is C15H22N2O2. The van der Waals surface area contributed by atoms with Crippen molar-refractivity contribution in [2.24, 2.45) is 0 Å². The van der Waals surface area contributed by atoms with Gasteiger partial charge in [-0.25, -0.2) is 4.79 Å². The summed E-state index contributed by atoms with van der Waals surface area (Å²) in [5, 5.41) is 10.7. The Morgan fingerprint density at radius 3 is 2.32 bits per heavy atom. The van der Waals surface area contributed by atoms with Gasteiger partial charge in [0.05, 0.1) is 0 Å². The fourth-order valence-electron chi connectivity index (χ4n) is 3.11. The number of urea groups is 1. The molecule has 19 heavy (non-hydrogen) atoms. The third-order valence-electron chi connectivity index (χ3n) is 3.73. The summed E-state index contributed by atoms with van der Waals surface area (Å²) < 4.78 is 0. The van der Waals surface area contributed by atoms with Gasteiger partial charge in [-0.05, 0) is 39.8 Å². The number of nitrogens with zero attached hydrogens (tertiary/aromatic N) is 2. The Morgan fingerprint density at radius 2 is 1.79 bits per heavy atom. The molecule has 1 atom stereocenters. The van der Waals surface area contributed by atoms with Gasteiger partial charge in [0.2, 0.25) is 0 Å². The van der Waals surface area contributed by atoms with Crippen LogP contribution in [-0.4, -0.2) is 33.8 Å². The SMILES string of the molecule is CCN1C(=O)N(c2ccccc2)C(C)(O)CC1(C)C. The predicted octanol–water partition coefficient (Wildman–Crippen LogP) is 2.83. The topological polar surface area (TPSA) is 43.8 Å². The molecule has 0 bridgehead atoms. The number of aliphatic hydroxyl groups is 1. The van der Waals surface area contributed by atoms with Crippen molar-refractivity contribution in [3.8, 4) is 0 Å². The fraction of sp³-hybridized carbons (Fsp3) is 0.533. The van der Waals surface area contributed by atoms with Crippen LogP contribution in [0.4, 0.5) is 10.5 Å². The number of anilines is 1. The molecule has 1 unspecified atom stereocenters. The second kappa shape index (κ2) is 4.53. The molecule has 1 aliphatic heterocycles. The fourth-order valence-corrected chi connectivity index (χ4v) is 3.11. The van der Waals surface area contributed by atoms with Gasteiger partial charge in [0.15, 0.2) is 0 Å². The zero-order chi connectivity index (χ0) is 14.3. The predicted molar refractivity (Wildman–Crippen MR) is 76.0 cm³/mol. The second-order valence-corrected chi connectivity index (χ2v) is 5.90. The maximum atomic E-state index is 12.7. The van der Waals surface area contributed by atoms with Crippen LogP contribution in [0.15, 0.2) is 30.3 Å². The average molecular weight is 262 g/mol. The summed E-state index contributed by atoms with van der Waals surface area (Å²) in [4.78, 5) is 16.0. The monoisotopic (exact) mass is 262 g/mol. The summed E-state index contributed by atoms with van der Waals surface area (Å²) in [6.07, 6.45) is 0.508. The molecule has 1 N–H and O–H groups in total. The van der Waals surface area contributed by atoms with E-state index in [0.717, 1.165) is 5.69 Å². The number of carbonyl (C=O) groups excluding carboxylic acids is 1. The van der Waals surface area contributed by atoms with Gasteiger partial charge >= 0.3 is 6.03 Å². The second-order valence-electron chi connectivity index (χ2n) is 5.90. The van der Waals surface area contributed by atoms with E-state index < -0.39 is 5.72 Å². The summed E-state index contributed by atoms with van der Waals surface area (Å²) in [7, 11) is 0. The summed E-state index contributed by atoms with van der Waals surface area (Å²) in [5.74, 6) is 0. The maximum absolute atomic E-state index is 12.7. The summed E-state index contributed by atoms with van der Waals surface area (Å²) in [6, 6.07) is 9.18. The minimum Gasteiger partial charge on any atom is -0.371 e. The molecule has 1 aromatic carbocycles. The Bertz CT molecular complexity index is 468. The zero-order valence-corrected chi connectivity index (χ0v) is 12.1. The zero-order valence-electron chi connectivity index (χ0n) is 12.1. The van der Waals surface area contributed by atoms with Gasteiger partial charge in [0, 0.05) is 24.2 Å². The highest BCUT2D eigenvalue weighted by Gasteiger charge is 2.49. The van der Waals surface area contributed by atoms with Crippen LogP contribution >= 0.6 is 0 Å². The minimum atomic E-state index is -1.17. The van der Waals surface area contributed by atoms with Gasteiger partial charge < -0.3 is 10.0 Å². The van der Waals surface area contributed by atoms with Crippen LogP contribution in [-0.2, 0) is 0 Å². The van der Waals surface area contributed by atoms with Crippen molar-refractivity contribution < 1.29 is 9.90 Å². The van der Waals surface area contributed by atoms with Crippen LogP contribution in [0.3, 0.4) is 0 Å². The maximum Gasteiger partial charge on any atom is 0.327 e. The van der Waals surface area contributed by atoms with Crippen LogP contribution in [0.2, 0.25) is 0 Å². The summed E-state index contributed by atoms with van der Waals surface area (Å²) >= 11 is 0. The van der Waals surface area contributed by atoms with Crippen LogP contribution in [0, 0.1) is 0 Å². The van der Waals surface area contributed by atoms with Crippen molar-refractivity contribution in [2.75, 3.05) is 11.4 Å². The van der Waals surface area contributed by atoms with Crippen molar-refractivity contribution in [2.45, 2.75) is 45.4 Å². The summed E-state index contributed by atoms with van der Waals surface area (Å²) in [5.41, 5.74) is -0.791. The van der Waals surface area contributed by atoms with Gasteiger partial charge in [0.1, 0.15) is 5.72 Å². The molecule has 0 aliphatic carbocycles. The van der Waals surface area contributed by atoms with Crippen molar-refractivity contribution in [3.05, 3.63) is 30.3 Å². The lowest BCUT2D eigenvalue weighted by molar-refractivity contribution is -0.0238.